The highest BCUT2D eigenvalue weighted by molar-refractivity contribution is 5.74. The Kier molecular flexibility index (Phi) is 23.2. The first-order valence-corrected chi connectivity index (χ1v) is 13.1. The Balaban J connectivity index is 3.11. The van der Waals surface area contributed by atoms with Crippen LogP contribution in [0.2, 0.25) is 0 Å². The van der Waals surface area contributed by atoms with Crippen LogP contribution < -0.4 is 0 Å². The van der Waals surface area contributed by atoms with E-state index >= 15 is 0 Å². The minimum absolute atomic E-state index is 0.342. The number of aliphatic hydroxyl groups excluding tert-OH is 1. The predicted octanol–water partition coefficient (Wildman–Crippen LogP) is 8.12. The number of esters is 1. The van der Waals surface area contributed by atoms with E-state index in [2.05, 4.69) is 6.92 Å². The molecule has 0 heterocycles. The highest BCUT2D eigenvalue weighted by atomic mass is 16.5. The van der Waals surface area contributed by atoms with Gasteiger partial charge in [0.15, 0.2) is 6.10 Å². The van der Waals surface area contributed by atoms with Crippen LogP contribution in [-0.2, 0) is 9.53 Å². The van der Waals surface area contributed by atoms with E-state index < -0.39 is 12.1 Å². The maximum absolute atomic E-state index is 11.3. The summed E-state index contributed by atoms with van der Waals surface area (Å²) in [6, 6.07) is 0. The lowest BCUT2D eigenvalue weighted by Gasteiger charge is -2.09. The lowest BCUT2D eigenvalue weighted by Crippen LogP contribution is -2.22. The molecule has 1 N–H and O–H groups in total. The number of hydrogen-bond donors (Lipinski definition) is 1. The van der Waals surface area contributed by atoms with E-state index in [0.717, 1.165) is 12.8 Å². The molecule has 1 atom stereocenters. The fourth-order valence-corrected chi connectivity index (χ4v) is 3.95. The number of aliphatic hydroxyl groups is 1. The van der Waals surface area contributed by atoms with Crippen molar-refractivity contribution in [2.75, 3.05) is 6.61 Å². The molecule has 0 amide bonds. The smallest absolute Gasteiger partial charge is 0.334 e. The maximum atomic E-state index is 11.3. The highest BCUT2D eigenvalue weighted by Crippen LogP contribution is 2.15. The van der Waals surface area contributed by atoms with Gasteiger partial charge in [0, 0.05) is 0 Å². The molecule has 29 heavy (non-hydrogen) atoms. The molecule has 0 spiro atoms. The summed E-state index contributed by atoms with van der Waals surface area (Å²) in [6.07, 6.45) is 26.8. The van der Waals surface area contributed by atoms with Gasteiger partial charge in [0.1, 0.15) is 0 Å². The summed E-state index contributed by atoms with van der Waals surface area (Å²) < 4.78 is 4.81. The molecule has 0 aliphatic heterocycles. The Morgan fingerprint density at radius 1 is 0.586 bits per heavy atom. The van der Waals surface area contributed by atoms with Crippen LogP contribution in [0, 0.1) is 0 Å². The Hall–Kier alpha value is -0.570. The normalized spacial score (nSPS) is 12.2. The molecule has 0 saturated heterocycles. The van der Waals surface area contributed by atoms with E-state index in [1.54, 1.807) is 6.92 Å². The van der Waals surface area contributed by atoms with Gasteiger partial charge in [0.05, 0.1) is 6.61 Å². The summed E-state index contributed by atoms with van der Waals surface area (Å²) in [7, 11) is 0. The summed E-state index contributed by atoms with van der Waals surface area (Å²) in [5, 5.41) is 9.63. The minimum Gasteiger partial charge on any atom is -0.464 e. The van der Waals surface area contributed by atoms with Gasteiger partial charge >= 0.3 is 5.97 Å². The Bertz CT molecular complexity index is 330. The Morgan fingerprint density at radius 2 is 0.897 bits per heavy atom. The van der Waals surface area contributed by atoms with Gasteiger partial charge in [-0.25, -0.2) is 4.79 Å². The van der Waals surface area contributed by atoms with Crippen LogP contribution in [0.1, 0.15) is 149 Å². The van der Waals surface area contributed by atoms with Gasteiger partial charge in [-0.05, 0) is 13.3 Å². The van der Waals surface area contributed by atoms with E-state index in [9.17, 15) is 9.90 Å². The summed E-state index contributed by atoms with van der Waals surface area (Å²) in [5.41, 5.74) is 0. The lowest BCUT2D eigenvalue weighted by atomic mass is 10.0. The molecule has 0 aromatic rings. The van der Waals surface area contributed by atoms with E-state index in [4.69, 9.17) is 4.74 Å². The van der Waals surface area contributed by atoms with Gasteiger partial charge in [0.2, 0.25) is 0 Å². The van der Waals surface area contributed by atoms with Crippen molar-refractivity contribution in [2.24, 2.45) is 0 Å². The zero-order valence-electron chi connectivity index (χ0n) is 19.9. The molecule has 0 saturated carbocycles. The molecule has 0 aliphatic rings. The molecule has 0 aromatic carbocycles. The van der Waals surface area contributed by atoms with Crippen molar-refractivity contribution in [1.29, 1.82) is 0 Å². The molecule has 174 valence electrons. The fraction of sp³-hybridized carbons (Fsp3) is 0.962. The van der Waals surface area contributed by atoms with E-state index in [0.29, 0.717) is 13.0 Å². The second-order valence-corrected chi connectivity index (χ2v) is 8.77. The number of unbranched alkanes of at least 4 members (excludes halogenated alkanes) is 19. The molecular formula is C26H52O3. The van der Waals surface area contributed by atoms with Crippen LogP contribution in [0.25, 0.3) is 0 Å². The average Bonchev–Trinajstić information content (AvgIpc) is 2.72. The summed E-state index contributed by atoms with van der Waals surface area (Å²) in [6.45, 7) is 4.39. The van der Waals surface area contributed by atoms with Crippen molar-refractivity contribution in [1.82, 2.24) is 0 Å². The third kappa shape index (κ3) is 21.9. The topological polar surface area (TPSA) is 46.5 Å². The first-order valence-electron chi connectivity index (χ1n) is 13.1. The zero-order valence-corrected chi connectivity index (χ0v) is 19.9. The number of carbonyl (C=O) groups excluding carboxylic acids is 1. The van der Waals surface area contributed by atoms with Gasteiger partial charge in [-0.15, -0.1) is 0 Å². The molecule has 0 bridgehead atoms. The number of hydrogen-bond acceptors (Lipinski definition) is 3. The first kappa shape index (κ1) is 28.4. The Morgan fingerprint density at radius 3 is 1.21 bits per heavy atom. The molecule has 3 nitrogen and oxygen atoms in total. The van der Waals surface area contributed by atoms with E-state index in [1.165, 1.54) is 116 Å². The van der Waals surface area contributed by atoms with Crippen LogP contribution in [0.15, 0.2) is 0 Å². The average molecular weight is 413 g/mol. The minimum atomic E-state index is -0.925. The van der Waals surface area contributed by atoms with Crippen LogP contribution in [0.5, 0.6) is 0 Å². The predicted molar refractivity (Wildman–Crippen MR) is 125 cm³/mol. The van der Waals surface area contributed by atoms with Crippen molar-refractivity contribution in [3.8, 4) is 0 Å². The quantitative estimate of drug-likeness (QED) is 0.136. The lowest BCUT2D eigenvalue weighted by molar-refractivity contribution is -0.153. The molecule has 0 radical (unpaired) electrons. The van der Waals surface area contributed by atoms with Crippen LogP contribution in [-0.4, -0.2) is 23.8 Å². The SMILES string of the molecule is CCCCCCCCCCCCCCCCCCCCCCC(O)C(=O)OCC. The standard InChI is InChI=1S/C26H52O3/c1-3-5-6-7-8-9-10-11-12-13-14-15-16-17-18-19-20-21-22-23-24-25(27)26(28)29-4-2/h25,27H,3-24H2,1-2H3. The number of carbonyl (C=O) groups is 1. The second-order valence-electron chi connectivity index (χ2n) is 8.77. The van der Waals surface area contributed by atoms with Gasteiger partial charge < -0.3 is 9.84 Å². The van der Waals surface area contributed by atoms with Crippen molar-refractivity contribution in [3.05, 3.63) is 0 Å². The van der Waals surface area contributed by atoms with Crippen LogP contribution in [0.3, 0.4) is 0 Å². The van der Waals surface area contributed by atoms with Gasteiger partial charge in [-0.1, -0.05) is 135 Å². The molecule has 0 aromatic heterocycles. The molecular weight excluding hydrogens is 360 g/mol. The van der Waals surface area contributed by atoms with Crippen molar-refractivity contribution in [2.45, 2.75) is 155 Å². The zero-order chi connectivity index (χ0) is 21.4. The highest BCUT2D eigenvalue weighted by Gasteiger charge is 2.14. The molecule has 3 heteroatoms. The van der Waals surface area contributed by atoms with Crippen molar-refractivity contribution >= 4 is 5.97 Å². The third-order valence-electron chi connectivity index (χ3n) is 5.89. The van der Waals surface area contributed by atoms with Crippen LogP contribution >= 0.6 is 0 Å². The largest absolute Gasteiger partial charge is 0.464 e. The summed E-state index contributed by atoms with van der Waals surface area (Å²) >= 11 is 0. The number of ether oxygens (including phenoxy) is 1. The summed E-state index contributed by atoms with van der Waals surface area (Å²) in [5.74, 6) is -0.467. The molecule has 0 fully saturated rings. The molecule has 0 rings (SSSR count). The van der Waals surface area contributed by atoms with E-state index in [-0.39, 0.29) is 0 Å². The van der Waals surface area contributed by atoms with Crippen LogP contribution in [0.4, 0.5) is 0 Å². The Labute approximate surface area is 182 Å². The fourth-order valence-electron chi connectivity index (χ4n) is 3.95. The molecule has 0 aliphatic carbocycles. The second kappa shape index (κ2) is 23.7. The van der Waals surface area contributed by atoms with Gasteiger partial charge in [0.25, 0.3) is 0 Å². The van der Waals surface area contributed by atoms with Crippen molar-refractivity contribution in [3.63, 3.8) is 0 Å². The number of rotatable bonds is 23. The van der Waals surface area contributed by atoms with Gasteiger partial charge in [-0.2, -0.15) is 0 Å². The maximum Gasteiger partial charge on any atom is 0.334 e. The van der Waals surface area contributed by atoms with E-state index in [1.807, 2.05) is 0 Å². The summed E-state index contributed by atoms with van der Waals surface area (Å²) in [4.78, 5) is 11.3. The molecule has 1 unspecified atom stereocenters. The monoisotopic (exact) mass is 412 g/mol. The third-order valence-corrected chi connectivity index (χ3v) is 5.89. The first-order chi connectivity index (χ1) is 14.2. The van der Waals surface area contributed by atoms with Crippen molar-refractivity contribution < 1.29 is 14.6 Å². The van der Waals surface area contributed by atoms with Gasteiger partial charge in [-0.3, -0.25) is 0 Å².